The minimum atomic E-state index is -4.12. The van der Waals surface area contributed by atoms with Crippen LogP contribution in [0.2, 0.25) is 0 Å². The van der Waals surface area contributed by atoms with E-state index in [0.29, 0.717) is 0 Å². The summed E-state index contributed by atoms with van der Waals surface area (Å²) in [5.41, 5.74) is 2.55. The monoisotopic (exact) mass is 324 g/mol. The van der Waals surface area contributed by atoms with E-state index in [1.807, 2.05) is 19.9 Å². The Balaban J connectivity index is 2.49. The maximum Gasteiger partial charge on any atom is 0.342 e. The predicted molar refractivity (Wildman–Crippen MR) is 81.4 cm³/mol. The lowest BCUT2D eigenvalue weighted by Crippen LogP contribution is -2.12. The highest BCUT2D eigenvalue weighted by molar-refractivity contribution is 7.87. The summed E-state index contributed by atoms with van der Waals surface area (Å²) >= 11 is 0. The number of hydrogen-bond donors (Lipinski definition) is 0. The second kappa shape index (κ2) is 5.96. The van der Waals surface area contributed by atoms with Crippen molar-refractivity contribution in [2.24, 2.45) is 0 Å². The van der Waals surface area contributed by atoms with Gasteiger partial charge in [-0.2, -0.15) is 8.42 Å². The standard InChI is InChI=1S/C16H17FO4S/c1-10-7-11(2)12(3)14(8-10)21-22(18,19)16-6-5-13(17)9-15(16)20-4/h5-9H,1-4H3. The van der Waals surface area contributed by atoms with Gasteiger partial charge in [-0.05, 0) is 55.7 Å². The first-order chi connectivity index (χ1) is 10.2. The van der Waals surface area contributed by atoms with Crippen LogP contribution in [0, 0.1) is 26.6 Å². The molecule has 4 nitrogen and oxygen atoms in total. The Morgan fingerprint density at radius 2 is 1.68 bits per heavy atom. The summed E-state index contributed by atoms with van der Waals surface area (Å²) in [7, 11) is -2.85. The smallest absolute Gasteiger partial charge is 0.342 e. The van der Waals surface area contributed by atoms with Crippen LogP contribution in [-0.2, 0) is 10.1 Å². The average molecular weight is 324 g/mol. The Morgan fingerprint density at radius 3 is 2.32 bits per heavy atom. The van der Waals surface area contributed by atoms with Gasteiger partial charge in [0.25, 0.3) is 0 Å². The second-order valence-electron chi connectivity index (χ2n) is 5.04. The third-order valence-corrected chi connectivity index (χ3v) is 4.63. The highest BCUT2D eigenvalue weighted by atomic mass is 32.2. The SMILES string of the molecule is COc1cc(F)ccc1S(=O)(=O)Oc1cc(C)cc(C)c1C. The molecule has 0 fully saturated rings. The zero-order valence-corrected chi connectivity index (χ0v) is 13.6. The summed E-state index contributed by atoms with van der Waals surface area (Å²) in [4.78, 5) is -0.213. The lowest BCUT2D eigenvalue weighted by molar-refractivity contribution is 0.394. The molecule has 0 aliphatic heterocycles. The van der Waals surface area contributed by atoms with Gasteiger partial charge in [0.05, 0.1) is 7.11 Å². The van der Waals surface area contributed by atoms with Crippen molar-refractivity contribution < 1.29 is 21.7 Å². The molecule has 0 saturated heterocycles. The summed E-state index contributed by atoms with van der Waals surface area (Å²) < 4.78 is 48.3. The Labute approximate surface area is 129 Å². The normalized spacial score (nSPS) is 11.3. The van der Waals surface area contributed by atoms with Crippen LogP contribution in [0.5, 0.6) is 11.5 Å². The van der Waals surface area contributed by atoms with E-state index in [1.165, 1.54) is 7.11 Å². The molecule has 2 rings (SSSR count). The molecule has 0 radical (unpaired) electrons. The topological polar surface area (TPSA) is 52.6 Å². The number of halogens is 1. The summed E-state index contributed by atoms with van der Waals surface area (Å²) in [6.07, 6.45) is 0. The molecule has 0 N–H and O–H groups in total. The third-order valence-electron chi connectivity index (χ3n) is 3.36. The largest absolute Gasteiger partial charge is 0.495 e. The van der Waals surface area contributed by atoms with Gasteiger partial charge in [-0.3, -0.25) is 0 Å². The van der Waals surface area contributed by atoms with Crippen LogP contribution in [0.15, 0.2) is 35.2 Å². The first-order valence-electron chi connectivity index (χ1n) is 6.60. The lowest BCUT2D eigenvalue weighted by atomic mass is 10.1. The van der Waals surface area contributed by atoms with Crippen molar-refractivity contribution >= 4 is 10.1 Å². The molecule has 0 saturated carbocycles. The molecule has 2 aromatic carbocycles. The molecule has 118 valence electrons. The van der Waals surface area contributed by atoms with E-state index in [-0.39, 0.29) is 16.4 Å². The molecular weight excluding hydrogens is 307 g/mol. The third kappa shape index (κ3) is 3.22. The zero-order valence-electron chi connectivity index (χ0n) is 12.8. The first kappa shape index (κ1) is 16.3. The molecule has 22 heavy (non-hydrogen) atoms. The van der Waals surface area contributed by atoms with Gasteiger partial charge >= 0.3 is 10.1 Å². The highest BCUT2D eigenvalue weighted by Gasteiger charge is 2.23. The van der Waals surface area contributed by atoms with E-state index in [4.69, 9.17) is 8.92 Å². The number of hydrogen-bond acceptors (Lipinski definition) is 4. The highest BCUT2D eigenvalue weighted by Crippen LogP contribution is 2.30. The molecule has 6 heteroatoms. The fourth-order valence-corrected chi connectivity index (χ4v) is 3.22. The van der Waals surface area contributed by atoms with Crippen LogP contribution in [0.4, 0.5) is 4.39 Å². The van der Waals surface area contributed by atoms with Crippen molar-refractivity contribution in [3.8, 4) is 11.5 Å². The summed E-state index contributed by atoms with van der Waals surface area (Å²) in [5, 5.41) is 0. The molecule has 0 atom stereocenters. The minimum Gasteiger partial charge on any atom is -0.495 e. The maximum atomic E-state index is 13.2. The number of benzene rings is 2. The molecule has 2 aromatic rings. The van der Waals surface area contributed by atoms with E-state index in [2.05, 4.69) is 0 Å². The Bertz CT molecular complexity index is 813. The zero-order chi connectivity index (χ0) is 16.5. The number of methoxy groups -OCH3 is 1. The van der Waals surface area contributed by atoms with Crippen LogP contribution >= 0.6 is 0 Å². The molecule has 0 unspecified atom stereocenters. The number of rotatable bonds is 4. The van der Waals surface area contributed by atoms with Gasteiger partial charge < -0.3 is 8.92 Å². The molecule has 0 aliphatic carbocycles. The van der Waals surface area contributed by atoms with E-state index in [0.717, 1.165) is 34.9 Å². The number of ether oxygens (including phenoxy) is 1. The Kier molecular flexibility index (Phi) is 4.42. The fraction of sp³-hybridized carbons (Fsp3) is 0.250. The molecule has 0 amide bonds. The lowest BCUT2D eigenvalue weighted by Gasteiger charge is -2.14. The van der Waals surface area contributed by atoms with E-state index < -0.39 is 15.9 Å². The van der Waals surface area contributed by atoms with Crippen molar-refractivity contribution in [2.45, 2.75) is 25.7 Å². The van der Waals surface area contributed by atoms with Gasteiger partial charge in [0.2, 0.25) is 0 Å². The molecule has 0 spiro atoms. The maximum absolute atomic E-state index is 13.2. The Morgan fingerprint density at radius 1 is 1.00 bits per heavy atom. The van der Waals surface area contributed by atoms with Crippen molar-refractivity contribution in [3.05, 3.63) is 52.8 Å². The van der Waals surface area contributed by atoms with Crippen LogP contribution in [-0.4, -0.2) is 15.5 Å². The molecular formula is C16H17FO4S. The fourth-order valence-electron chi connectivity index (χ4n) is 2.10. The molecule has 0 aliphatic rings. The molecule has 0 heterocycles. The van der Waals surface area contributed by atoms with Crippen molar-refractivity contribution in [1.82, 2.24) is 0 Å². The number of aryl methyl sites for hydroxylation is 2. The van der Waals surface area contributed by atoms with E-state index in [9.17, 15) is 12.8 Å². The van der Waals surface area contributed by atoms with Gasteiger partial charge in [-0.1, -0.05) is 6.07 Å². The van der Waals surface area contributed by atoms with Gasteiger partial charge in [0.1, 0.15) is 22.2 Å². The summed E-state index contributed by atoms with van der Waals surface area (Å²) in [6, 6.07) is 6.77. The van der Waals surface area contributed by atoms with E-state index in [1.54, 1.807) is 13.0 Å². The second-order valence-corrected chi connectivity index (χ2v) is 6.55. The van der Waals surface area contributed by atoms with Gasteiger partial charge in [0, 0.05) is 6.07 Å². The Hall–Kier alpha value is -2.08. The summed E-state index contributed by atoms with van der Waals surface area (Å²) in [5.74, 6) is -0.427. The quantitative estimate of drug-likeness (QED) is 0.807. The minimum absolute atomic E-state index is 0.0953. The van der Waals surface area contributed by atoms with Gasteiger partial charge in [-0.15, -0.1) is 0 Å². The van der Waals surface area contributed by atoms with Crippen LogP contribution in [0.1, 0.15) is 16.7 Å². The van der Waals surface area contributed by atoms with Crippen LogP contribution in [0.25, 0.3) is 0 Å². The van der Waals surface area contributed by atoms with Crippen molar-refractivity contribution in [3.63, 3.8) is 0 Å². The van der Waals surface area contributed by atoms with E-state index >= 15 is 0 Å². The molecule has 0 bridgehead atoms. The van der Waals surface area contributed by atoms with Gasteiger partial charge in [-0.25, -0.2) is 4.39 Å². The predicted octanol–water partition coefficient (Wildman–Crippen LogP) is 3.53. The van der Waals surface area contributed by atoms with Gasteiger partial charge in [0.15, 0.2) is 0 Å². The first-order valence-corrected chi connectivity index (χ1v) is 8.01. The average Bonchev–Trinajstić information content (AvgIpc) is 2.43. The van der Waals surface area contributed by atoms with Crippen molar-refractivity contribution in [1.29, 1.82) is 0 Å². The summed E-state index contributed by atoms with van der Waals surface area (Å²) in [6.45, 7) is 5.51. The van der Waals surface area contributed by atoms with Crippen LogP contribution < -0.4 is 8.92 Å². The molecule has 0 aromatic heterocycles. The van der Waals surface area contributed by atoms with Crippen LogP contribution in [0.3, 0.4) is 0 Å². The van der Waals surface area contributed by atoms with Crippen molar-refractivity contribution in [2.75, 3.05) is 7.11 Å².